The fourth-order valence-corrected chi connectivity index (χ4v) is 2.59. The van der Waals surface area contributed by atoms with Crippen molar-refractivity contribution in [1.82, 2.24) is 5.32 Å². The molecular weight excluding hydrogens is 338 g/mol. The van der Waals surface area contributed by atoms with Crippen LogP contribution in [0.2, 0.25) is 0 Å². The van der Waals surface area contributed by atoms with Crippen LogP contribution in [0.5, 0.6) is 5.75 Å². The van der Waals surface area contributed by atoms with Gasteiger partial charge in [0.2, 0.25) is 0 Å². The Morgan fingerprint density at radius 1 is 1.14 bits per heavy atom. The summed E-state index contributed by atoms with van der Waals surface area (Å²) in [6.45, 7) is 7.92. The topological polar surface area (TPSA) is 21.3 Å². The lowest BCUT2D eigenvalue weighted by molar-refractivity contribution is 0.300. The van der Waals surface area contributed by atoms with Crippen LogP contribution in [-0.2, 0) is 13.2 Å². The molecule has 2 aromatic carbocycles. The van der Waals surface area contributed by atoms with E-state index >= 15 is 0 Å². The lowest BCUT2D eigenvalue weighted by Gasteiger charge is -2.16. The van der Waals surface area contributed by atoms with Crippen molar-refractivity contribution in [1.29, 1.82) is 0 Å². The maximum absolute atomic E-state index is 6.06. The van der Waals surface area contributed by atoms with Gasteiger partial charge in [-0.25, -0.2) is 0 Å². The van der Waals surface area contributed by atoms with Crippen molar-refractivity contribution >= 4 is 15.9 Å². The van der Waals surface area contributed by atoms with Gasteiger partial charge in [0, 0.05) is 22.6 Å². The summed E-state index contributed by atoms with van der Waals surface area (Å²) < 4.78 is 7.14. The van der Waals surface area contributed by atoms with Crippen LogP contribution in [-0.4, -0.2) is 6.04 Å². The number of halogens is 1. The van der Waals surface area contributed by atoms with Gasteiger partial charge in [0.1, 0.15) is 12.4 Å². The van der Waals surface area contributed by atoms with Gasteiger partial charge in [-0.2, -0.15) is 0 Å². The molecule has 0 saturated heterocycles. The van der Waals surface area contributed by atoms with Crippen LogP contribution in [0.4, 0.5) is 0 Å². The second-order valence-corrected chi connectivity index (χ2v) is 6.57. The van der Waals surface area contributed by atoms with Crippen molar-refractivity contribution in [3.63, 3.8) is 0 Å². The third kappa shape index (κ3) is 4.85. The van der Waals surface area contributed by atoms with E-state index in [1.54, 1.807) is 0 Å². The lowest BCUT2D eigenvalue weighted by atomic mass is 10.1. The number of ether oxygens (including phenoxy) is 1. The van der Waals surface area contributed by atoms with E-state index in [1.165, 1.54) is 16.7 Å². The summed E-state index contributed by atoms with van der Waals surface area (Å²) >= 11 is 3.54. The average molecular weight is 362 g/mol. The van der Waals surface area contributed by atoms with E-state index in [9.17, 15) is 0 Å². The zero-order valence-electron chi connectivity index (χ0n) is 13.5. The van der Waals surface area contributed by atoms with Crippen LogP contribution in [0, 0.1) is 6.92 Å². The van der Waals surface area contributed by atoms with E-state index < -0.39 is 0 Å². The molecule has 0 bridgehead atoms. The Bertz CT molecular complexity index is 612. The molecule has 3 heteroatoms. The van der Waals surface area contributed by atoms with E-state index in [-0.39, 0.29) is 0 Å². The minimum atomic E-state index is 0.503. The van der Waals surface area contributed by atoms with Crippen molar-refractivity contribution in [2.45, 2.75) is 46.4 Å². The van der Waals surface area contributed by atoms with E-state index in [1.807, 2.05) is 12.1 Å². The Kier molecular flexibility index (Phi) is 6.47. The Morgan fingerprint density at radius 3 is 2.64 bits per heavy atom. The molecule has 0 aromatic heterocycles. The van der Waals surface area contributed by atoms with E-state index in [2.05, 4.69) is 72.3 Å². The van der Waals surface area contributed by atoms with Crippen molar-refractivity contribution in [2.24, 2.45) is 0 Å². The summed E-state index contributed by atoms with van der Waals surface area (Å²) in [6.07, 6.45) is 1.12. The Labute approximate surface area is 142 Å². The average Bonchev–Trinajstić information content (AvgIpc) is 2.53. The summed E-state index contributed by atoms with van der Waals surface area (Å²) in [4.78, 5) is 0. The second kappa shape index (κ2) is 8.35. The molecule has 22 heavy (non-hydrogen) atoms. The third-order valence-electron chi connectivity index (χ3n) is 3.92. The lowest BCUT2D eigenvalue weighted by Crippen LogP contribution is -2.24. The van der Waals surface area contributed by atoms with Crippen LogP contribution >= 0.6 is 15.9 Å². The summed E-state index contributed by atoms with van der Waals surface area (Å²) in [7, 11) is 0. The van der Waals surface area contributed by atoms with Gasteiger partial charge in [-0.15, -0.1) is 0 Å². The second-order valence-electron chi connectivity index (χ2n) is 5.66. The molecule has 118 valence electrons. The number of rotatable bonds is 7. The molecule has 0 fully saturated rings. The maximum atomic E-state index is 6.06. The number of benzene rings is 2. The quantitative estimate of drug-likeness (QED) is 0.729. The first kappa shape index (κ1) is 17.0. The van der Waals surface area contributed by atoms with Crippen molar-refractivity contribution in [3.8, 4) is 5.75 Å². The molecule has 0 aliphatic rings. The van der Waals surface area contributed by atoms with Crippen molar-refractivity contribution in [3.05, 3.63) is 63.6 Å². The molecule has 0 saturated carbocycles. The summed E-state index contributed by atoms with van der Waals surface area (Å²) in [5, 5.41) is 3.52. The van der Waals surface area contributed by atoms with Gasteiger partial charge in [-0.05, 0) is 49.6 Å². The molecule has 2 nitrogen and oxygen atoms in total. The molecule has 0 amide bonds. The zero-order chi connectivity index (χ0) is 15.9. The summed E-state index contributed by atoms with van der Waals surface area (Å²) in [5.41, 5.74) is 3.67. The summed E-state index contributed by atoms with van der Waals surface area (Å²) in [5.74, 6) is 0.947. The maximum Gasteiger partial charge on any atom is 0.124 e. The fraction of sp³-hybridized carbons (Fsp3) is 0.368. The van der Waals surface area contributed by atoms with E-state index in [0.29, 0.717) is 12.6 Å². The first-order valence-corrected chi connectivity index (χ1v) is 8.58. The minimum Gasteiger partial charge on any atom is -0.489 e. The van der Waals surface area contributed by atoms with Gasteiger partial charge in [-0.3, -0.25) is 0 Å². The molecule has 0 radical (unpaired) electrons. The molecular formula is C19H24BrNO. The van der Waals surface area contributed by atoms with E-state index in [0.717, 1.165) is 23.2 Å². The first-order valence-electron chi connectivity index (χ1n) is 7.79. The fourth-order valence-electron chi connectivity index (χ4n) is 2.18. The highest BCUT2D eigenvalue weighted by atomic mass is 79.9. The van der Waals surface area contributed by atoms with Crippen LogP contribution in [0.3, 0.4) is 0 Å². The Morgan fingerprint density at radius 2 is 1.91 bits per heavy atom. The van der Waals surface area contributed by atoms with Crippen LogP contribution in [0.15, 0.2) is 46.9 Å². The zero-order valence-corrected chi connectivity index (χ0v) is 15.1. The Balaban J connectivity index is 2.08. The first-order chi connectivity index (χ1) is 10.6. The molecule has 0 spiro atoms. The largest absolute Gasteiger partial charge is 0.489 e. The molecule has 0 aliphatic heterocycles. The predicted molar refractivity (Wildman–Crippen MR) is 96.2 cm³/mol. The van der Waals surface area contributed by atoms with Gasteiger partial charge in [0.25, 0.3) is 0 Å². The highest BCUT2D eigenvalue weighted by molar-refractivity contribution is 9.10. The molecule has 2 rings (SSSR count). The van der Waals surface area contributed by atoms with Crippen molar-refractivity contribution < 1.29 is 4.74 Å². The Hall–Kier alpha value is -1.32. The van der Waals surface area contributed by atoms with Gasteiger partial charge >= 0.3 is 0 Å². The van der Waals surface area contributed by atoms with Gasteiger partial charge in [-0.1, -0.05) is 47.1 Å². The van der Waals surface area contributed by atoms with Crippen LogP contribution in [0.1, 0.15) is 37.0 Å². The third-order valence-corrected chi connectivity index (χ3v) is 4.41. The van der Waals surface area contributed by atoms with Gasteiger partial charge in [0.05, 0.1) is 0 Å². The number of hydrogen-bond acceptors (Lipinski definition) is 2. The molecule has 2 aromatic rings. The number of nitrogens with one attached hydrogen (secondary N) is 1. The standard InChI is InChI=1S/C19H24BrNO/c1-4-15(3)21-12-17-11-18(20)9-10-19(17)22-13-16-8-6-5-7-14(16)2/h5-11,15,21H,4,12-13H2,1-3H3/t15-/m1/s1. The molecule has 1 N–H and O–H groups in total. The normalized spacial score (nSPS) is 12.2. The molecule has 0 aliphatic carbocycles. The number of aryl methyl sites for hydroxylation is 1. The molecule has 0 unspecified atom stereocenters. The monoisotopic (exact) mass is 361 g/mol. The predicted octanol–water partition coefficient (Wildman–Crippen LogP) is 5.22. The number of hydrogen-bond donors (Lipinski definition) is 1. The SMILES string of the molecule is CC[C@@H](C)NCc1cc(Br)ccc1OCc1ccccc1C. The molecule has 0 heterocycles. The minimum absolute atomic E-state index is 0.503. The van der Waals surface area contributed by atoms with Crippen LogP contribution in [0.25, 0.3) is 0 Å². The smallest absolute Gasteiger partial charge is 0.124 e. The van der Waals surface area contributed by atoms with Gasteiger partial charge in [0.15, 0.2) is 0 Å². The van der Waals surface area contributed by atoms with Crippen molar-refractivity contribution in [2.75, 3.05) is 0 Å². The highest BCUT2D eigenvalue weighted by Gasteiger charge is 2.07. The van der Waals surface area contributed by atoms with Gasteiger partial charge < -0.3 is 10.1 Å². The molecule has 1 atom stereocenters. The van der Waals surface area contributed by atoms with Crippen LogP contribution < -0.4 is 10.1 Å². The highest BCUT2D eigenvalue weighted by Crippen LogP contribution is 2.24. The summed E-state index contributed by atoms with van der Waals surface area (Å²) in [6, 6.07) is 15.0. The van der Waals surface area contributed by atoms with E-state index in [4.69, 9.17) is 4.74 Å².